The summed E-state index contributed by atoms with van der Waals surface area (Å²) in [5, 5.41) is 10.1. The fourth-order valence-corrected chi connectivity index (χ4v) is 3.22. The maximum atomic E-state index is 10.1. The predicted octanol–water partition coefficient (Wildman–Crippen LogP) is 1.90. The maximum Gasteiger partial charge on any atom is 0.0593 e. The third-order valence-corrected chi connectivity index (χ3v) is 4.44. The average molecular weight is 241 g/mol. The summed E-state index contributed by atoms with van der Waals surface area (Å²) in [6, 6.07) is 0. The minimum atomic E-state index is -0.0676. The van der Waals surface area contributed by atoms with Crippen LogP contribution >= 0.6 is 0 Å². The molecule has 1 heterocycles. The Kier molecular flexibility index (Phi) is 5.26. The molecule has 100 valence electrons. The monoisotopic (exact) mass is 241 g/mol. The molecule has 0 aromatic carbocycles. The minimum absolute atomic E-state index is 0.0676. The number of ether oxygens (including phenoxy) is 1. The van der Waals surface area contributed by atoms with Crippen molar-refractivity contribution in [1.82, 2.24) is 4.90 Å². The smallest absolute Gasteiger partial charge is 0.0593 e. The van der Waals surface area contributed by atoms with Gasteiger partial charge in [-0.3, -0.25) is 0 Å². The van der Waals surface area contributed by atoms with Crippen LogP contribution in [-0.2, 0) is 4.74 Å². The highest BCUT2D eigenvalue weighted by Gasteiger charge is 2.29. The number of hydrogen-bond donors (Lipinski definition) is 1. The molecule has 3 unspecified atom stereocenters. The van der Waals surface area contributed by atoms with E-state index in [9.17, 15) is 5.11 Å². The quantitative estimate of drug-likeness (QED) is 0.819. The van der Waals surface area contributed by atoms with Crippen LogP contribution in [-0.4, -0.2) is 49.0 Å². The van der Waals surface area contributed by atoms with Crippen LogP contribution in [0.5, 0.6) is 0 Å². The molecule has 1 saturated heterocycles. The lowest BCUT2D eigenvalue weighted by molar-refractivity contribution is 0.0261. The molecule has 2 fully saturated rings. The summed E-state index contributed by atoms with van der Waals surface area (Å²) in [5.41, 5.74) is 0. The summed E-state index contributed by atoms with van der Waals surface area (Å²) in [7, 11) is 0. The van der Waals surface area contributed by atoms with Crippen LogP contribution in [0.25, 0.3) is 0 Å². The van der Waals surface area contributed by atoms with Crippen LogP contribution in [0.15, 0.2) is 0 Å². The van der Waals surface area contributed by atoms with E-state index in [1.807, 2.05) is 0 Å². The molecule has 0 amide bonds. The molecule has 1 saturated carbocycles. The minimum Gasteiger partial charge on any atom is -0.393 e. The van der Waals surface area contributed by atoms with Crippen molar-refractivity contribution in [3.63, 3.8) is 0 Å². The maximum absolute atomic E-state index is 10.1. The lowest BCUT2D eigenvalue weighted by Gasteiger charge is -2.36. The van der Waals surface area contributed by atoms with Gasteiger partial charge in [0.05, 0.1) is 12.7 Å². The fourth-order valence-electron chi connectivity index (χ4n) is 3.22. The van der Waals surface area contributed by atoms with Crippen molar-refractivity contribution in [2.75, 3.05) is 32.8 Å². The van der Waals surface area contributed by atoms with Crippen molar-refractivity contribution < 1.29 is 9.84 Å². The van der Waals surface area contributed by atoms with E-state index in [0.29, 0.717) is 5.92 Å². The van der Waals surface area contributed by atoms with Gasteiger partial charge in [-0.15, -0.1) is 0 Å². The number of aliphatic hydroxyl groups excluding tert-OH is 1. The molecule has 0 radical (unpaired) electrons. The van der Waals surface area contributed by atoms with Crippen LogP contribution < -0.4 is 0 Å². The van der Waals surface area contributed by atoms with Crippen molar-refractivity contribution in [2.24, 2.45) is 11.8 Å². The van der Waals surface area contributed by atoms with E-state index in [1.54, 1.807) is 0 Å². The Labute approximate surface area is 105 Å². The zero-order valence-electron chi connectivity index (χ0n) is 11.1. The third kappa shape index (κ3) is 3.94. The molecule has 3 atom stereocenters. The molecular formula is C14H27NO2. The zero-order chi connectivity index (χ0) is 12.1. The number of nitrogens with zero attached hydrogens (tertiary/aromatic N) is 1. The summed E-state index contributed by atoms with van der Waals surface area (Å²) >= 11 is 0. The van der Waals surface area contributed by atoms with E-state index >= 15 is 0 Å². The summed E-state index contributed by atoms with van der Waals surface area (Å²) in [6.45, 7) is 7.29. The Morgan fingerprint density at radius 1 is 1.24 bits per heavy atom. The van der Waals surface area contributed by atoms with Crippen LogP contribution in [0.1, 0.15) is 39.0 Å². The summed E-state index contributed by atoms with van der Waals surface area (Å²) in [4.78, 5) is 2.49. The van der Waals surface area contributed by atoms with E-state index in [0.717, 1.165) is 51.6 Å². The zero-order valence-corrected chi connectivity index (χ0v) is 11.1. The fraction of sp³-hybridized carbons (Fsp3) is 1.00. The van der Waals surface area contributed by atoms with Gasteiger partial charge in [0.15, 0.2) is 0 Å². The SMILES string of the molecule is CCC1CCC(O)C(CN2CCCOCC2)C1. The van der Waals surface area contributed by atoms with Gasteiger partial charge in [-0.05, 0) is 37.5 Å². The number of rotatable bonds is 3. The first-order valence-corrected chi connectivity index (χ1v) is 7.27. The number of hydrogen-bond acceptors (Lipinski definition) is 3. The lowest BCUT2D eigenvalue weighted by atomic mass is 9.78. The van der Waals surface area contributed by atoms with Gasteiger partial charge in [-0.1, -0.05) is 13.3 Å². The molecule has 0 bridgehead atoms. The van der Waals surface area contributed by atoms with Gasteiger partial charge in [0.2, 0.25) is 0 Å². The molecule has 0 aromatic rings. The summed E-state index contributed by atoms with van der Waals surface area (Å²) < 4.78 is 5.48. The van der Waals surface area contributed by atoms with Crippen LogP contribution in [0.4, 0.5) is 0 Å². The van der Waals surface area contributed by atoms with Gasteiger partial charge in [0.1, 0.15) is 0 Å². The standard InChI is InChI=1S/C14H27NO2/c1-2-12-4-5-14(16)13(10-12)11-15-6-3-8-17-9-7-15/h12-14,16H,2-11H2,1H3. The van der Waals surface area contributed by atoms with E-state index in [4.69, 9.17) is 4.74 Å². The van der Waals surface area contributed by atoms with Crippen molar-refractivity contribution in [1.29, 1.82) is 0 Å². The van der Waals surface area contributed by atoms with Gasteiger partial charge in [-0.2, -0.15) is 0 Å². The molecule has 0 aromatic heterocycles. The summed E-state index contributed by atoms with van der Waals surface area (Å²) in [6.07, 6.45) is 5.79. The first-order chi connectivity index (χ1) is 8.29. The van der Waals surface area contributed by atoms with Crippen molar-refractivity contribution in [2.45, 2.75) is 45.1 Å². The normalized spacial score (nSPS) is 36.7. The molecule has 2 rings (SSSR count). The van der Waals surface area contributed by atoms with Crippen LogP contribution in [0.2, 0.25) is 0 Å². The molecule has 1 aliphatic carbocycles. The first kappa shape index (κ1) is 13.3. The van der Waals surface area contributed by atoms with E-state index in [2.05, 4.69) is 11.8 Å². The van der Waals surface area contributed by atoms with Gasteiger partial charge in [-0.25, -0.2) is 0 Å². The highest BCUT2D eigenvalue weighted by Crippen LogP contribution is 2.31. The van der Waals surface area contributed by atoms with Crippen LogP contribution in [0.3, 0.4) is 0 Å². The van der Waals surface area contributed by atoms with Crippen molar-refractivity contribution in [3.8, 4) is 0 Å². The highest BCUT2D eigenvalue weighted by atomic mass is 16.5. The molecule has 1 aliphatic heterocycles. The molecule has 3 heteroatoms. The van der Waals surface area contributed by atoms with E-state index in [-0.39, 0.29) is 6.10 Å². The number of aliphatic hydroxyl groups is 1. The van der Waals surface area contributed by atoms with Gasteiger partial charge >= 0.3 is 0 Å². The highest BCUT2D eigenvalue weighted by molar-refractivity contribution is 4.82. The largest absolute Gasteiger partial charge is 0.393 e. The Balaban J connectivity index is 1.82. The Hall–Kier alpha value is -0.120. The molecule has 3 nitrogen and oxygen atoms in total. The Morgan fingerprint density at radius 2 is 2.12 bits per heavy atom. The second-order valence-corrected chi connectivity index (χ2v) is 5.68. The van der Waals surface area contributed by atoms with Gasteiger partial charge in [0.25, 0.3) is 0 Å². The van der Waals surface area contributed by atoms with E-state index in [1.165, 1.54) is 19.3 Å². The Bertz CT molecular complexity index is 214. The predicted molar refractivity (Wildman–Crippen MR) is 69.0 cm³/mol. The second kappa shape index (κ2) is 6.72. The molecular weight excluding hydrogens is 214 g/mol. The average Bonchev–Trinajstić information content (AvgIpc) is 2.60. The molecule has 1 N–H and O–H groups in total. The van der Waals surface area contributed by atoms with Crippen molar-refractivity contribution >= 4 is 0 Å². The Morgan fingerprint density at radius 3 is 2.94 bits per heavy atom. The first-order valence-electron chi connectivity index (χ1n) is 7.27. The van der Waals surface area contributed by atoms with Gasteiger partial charge < -0.3 is 14.7 Å². The third-order valence-electron chi connectivity index (χ3n) is 4.44. The lowest BCUT2D eigenvalue weighted by Crippen LogP contribution is -2.39. The van der Waals surface area contributed by atoms with E-state index < -0.39 is 0 Å². The second-order valence-electron chi connectivity index (χ2n) is 5.68. The van der Waals surface area contributed by atoms with Crippen molar-refractivity contribution in [3.05, 3.63) is 0 Å². The molecule has 0 spiro atoms. The van der Waals surface area contributed by atoms with Gasteiger partial charge in [0, 0.05) is 26.2 Å². The molecule has 2 aliphatic rings. The topological polar surface area (TPSA) is 32.7 Å². The summed E-state index contributed by atoms with van der Waals surface area (Å²) in [5.74, 6) is 1.33. The molecule has 17 heavy (non-hydrogen) atoms. The van der Waals surface area contributed by atoms with Crippen LogP contribution in [0, 0.1) is 11.8 Å².